The Morgan fingerprint density at radius 1 is 1.10 bits per heavy atom. The molecule has 1 nitrogen and oxygen atoms in total. The Labute approximate surface area is 127 Å². The van der Waals surface area contributed by atoms with Gasteiger partial charge in [0.2, 0.25) is 0 Å². The molecule has 2 aliphatic carbocycles. The number of nitrogens with one attached hydrogen (secondary N) is 1. The van der Waals surface area contributed by atoms with Crippen LogP contribution in [0.25, 0.3) is 0 Å². The van der Waals surface area contributed by atoms with Crippen LogP contribution in [0.4, 0.5) is 0 Å². The fraction of sp³-hybridized carbons (Fsp3) is 0.667. The Hall–Kier alpha value is -0.470. The molecule has 2 atom stereocenters. The number of rotatable bonds is 6. The summed E-state index contributed by atoms with van der Waals surface area (Å²) in [5.74, 6) is 0.975. The first-order chi connectivity index (χ1) is 9.83. The van der Waals surface area contributed by atoms with E-state index in [1.165, 1.54) is 55.4 Å². The summed E-state index contributed by atoms with van der Waals surface area (Å²) in [5, 5.41) is 4.43. The highest BCUT2D eigenvalue weighted by atomic mass is 32.2. The fourth-order valence-electron chi connectivity index (χ4n) is 3.15. The second-order valence-corrected chi connectivity index (χ2v) is 7.85. The van der Waals surface area contributed by atoms with E-state index in [1.807, 2.05) is 0 Å². The van der Waals surface area contributed by atoms with E-state index in [4.69, 9.17) is 0 Å². The van der Waals surface area contributed by atoms with Gasteiger partial charge in [0.05, 0.1) is 0 Å². The fourth-order valence-corrected chi connectivity index (χ4v) is 4.48. The van der Waals surface area contributed by atoms with Crippen LogP contribution in [0.1, 0.15) is 57.4 Å². The van der Waals surface area contributed by atoms with Crippen molar-refractivity contribution in [2.45, 2.75) is 74.6 Å². The highest BCUT2D eigenvalue weighted by Gasteiger charge is 2.22. The molecular formula is C18H27NS. The molecule has 0 aliphatic heterocycles. The SMILES string of the molecule is CCC1CCCC(Sc2ccc(CNC3CC3)cc2)C1. The Morgan fingerprint density at radius 2 is 1.90 bits per heavy atom. The summed E-state index contributed by atoms with van der Waals surface area (Å²) < 4.78 is 0. The van der Waals surface area contributed by atoms with Crippen molar-refractivity contribution in [3.8, 4) is 0 Å². The van der Waals surface area contributed by atoms with Crippen molar-refractivity contribution in [1.82, 2.24) is 5.32 Å². The molecule has 0 amide bonds. The zero-order chi connectivity index (χ0) is 13.8. The molecular weight excluding hydrogens is 262 g/mol. The molecule has 0 radical (unpaired) electrons. The summed E-state index contributed by atoms with van der Waals surface area (Å²) in [7, 11) is 0. The van der Waals surface area contributed by atoms with Gasteiger partial charge in [0.25, 0.3) is 0 Å². The number of hydrogen-bond acceptors (Lipinski definition) is 2. The van der Waals surface area contributed by atoms with Gasteiger partial charge in [0, 0.05) is 22.7 Å². The lowest BCUT2D eigenvalue weighted by atomic mass is 9.87. The van der Waals surface area contributed by atoms with Gasteiger partial charge in [-0.15, -0.1) is 11.8 Å². The summed E-state index contributed by atoms with van der Waals surface area (Å²) in [4.78, 5) is 1.46. The van der Waals surface area contributed by atoms with Crippen molar-refractivity contribution in [2.24, 2.45) is 5.92 Å². The quantitative estimate of drug-likeness (QED) is 0.791. The van der Waals surface area contributed by atoms with Gasteiger partial charge in [-0.05, 0) is 49.3 Å². The highest BCUT2D eigenvalue weighted by molar-refractivity contribution is 8.00. The topological polar surface area (TPSA) is 12.0 Å². The van der Waals surface area contributed by atoms with Crippen molar-refractivity contribution in [3.63, 3.8) is 0 Å². The predicted octanol–water partition coefficient (Wildman–Crippen LogP) is 5.00. The maximum atomic E-state index is 3.58. The van der Waals surface area contributed by atoms with E-state index in [0.29, 0.717) is 0 Å². The molecule has 2 saturated carbocycles. The standard InChI is InChI=1S/C18H27NS/c1-2-14-4-3-5-18(12-14)20-17-10-6-15(7-11-17)13-19-16-8-9-16/h6-7,10-11,14,16,18-19H,2-5,8-9,12-13H2,1H3. The zero-order valence-electron chi connectivity index (χ0n) is 12.6. The van der Waals surface area contributed by atoms with Gasteiger partial charge >= 0.3 is 0 Å². The van der Waals surface area contributed by atoms with Crippen LogP contribution < -0.4 is 5.32 Å². The maximum absolute atomic E-state index is 3.58. The second kappa shape index (κ2) is 7.00. The molecule has 2 unspecified atom stereocenters. The molecule has 20 heavy (non-hydrogen) atoms. The molecule has 110 valence electrons. The van der Waals surface area contributed by atoms with Crippen LogP contribution in [-0.4, -0.2) is 11.3 Å². The van der Waals surface area contributed by atoms with Crippen molar-refractivity contribution in [2.75, 3.05) is 0 Å². The molecule has 2 heteroatoms. The predicted molar refractivity (Wildman–Crippen MR) is 88.2 cm³/mol. The third-order valence-electron chi connectivity index (χ3n) is 4.71. The molecule has 0 aromatic heterocycles. The van der Waals surface area contributed by atoms with Crippen molar-refractivity contribution >= 4 is 11.8 Å². The van der Waals surface area contributed by atoms with E-state index in [-0.39, 0.29) is 0 Å². The Bertz CT molecular complexity index is 410. The Morgan fingerprint density at radius 3 is 2.60 bits per heavy atom. The van der Waals surface area contributed by atoms with Crippen LogP contribution in [0, 0.1) is 5.92 Å². The second-order valence-electron chi connectivity index (χ2n) is 6.48. The van der Waals surface area contributed by atoms with Crippen LogP contribution in [0.5, 0.6) is 0 Å². The minimum absolute atomic E-state index is 0.803. The minimum atomic E-state index is 0.803. The third-order valence-corrected chi connectivity index (χ3v) is 6.02. The van der Waals surface area contributed by atoms with Gasteiger partial charge in [-0.3, -0.25) is 0 Å². The molecule has 0 spiro atoms. The zero-order valence-corrected chi connectivity index (χ0v) is 13.4. The van der Waals surface area contributed by atoms with Gasteiger partial charge in [0.15, 0.2) is 0 Å². The van der Waals surface area contributed by atoms with Crippen molar-refractivity contribution in [3.05, 3.63) is 29.8 Å². The van der Waals surface area contributed by atoms with Crippen LogP contribution in [0.3, 0.4) is 0 Å². The molecule has 3 rings (SSSR count). The molecule has 0 saturated heterocycles. The smallest absolute Gasteiger partial charge is 0.0208 e. The lowest BCUT2D eigenvalue weighted by Gasteiger charge is -2.28. The van der Waals surface area contributed by atoms with Crippen LogP contribution >= 0.6 is 11.8 Å². The number of thioether (sulfide) groups is 1. The Balaban J connectivity index is 1.49. The van der Waals surface area contributed by atoms with Crippen molar-refractivity contribution in [1.29, 1.82) is 0 Å². The first kappa shape index (κ1) is 14.5. The van der Waals surface area contributed by atoms with E-state index in [0.717, 1.165) is 23.8 Å². The largest absolute Gasteiger partial charge is 0.310 e. The Kier molecular flexibility index (Phi) is 5.06. The van der Waals surface area contributed by atoms with Crippen LogP contribution in [-0.2, 0) is 6.54 Å². The van der Waals surface area contributed by atoms with Gasteiger partial charge in [-0.25, -0.2) is 0 Å². The van der Waals surface area contributed by atoms with Gasteiger partial charge in [-0.2, -0.15) is 0 Å². The molecule has 1 aromatic rings. The van der Waals surface area contributed by atoms with E-state index < -0.39 is 0 Å². The molecule has 0 heterocycles. The van der Waals surface area contributed by atoms with Gasteiger partial charge in [0.1, 0.15) is 0 Å². The van der Waals surface area contributed by atoms with Crippen LogP contribution in [0.2, 0.25) is 0 Å². The third kappa shape index (κ3) is 4.26. The van der Waals surface area contributed by atoms with E-state index in [9.17, 15) is 0 Å². The normalized spacial score (nSPS) is 26.6. The average molecular weight is 289 g/mol. The highest BCUT2D eigenvalue weighted by Crippen LogP contribution is 2.37. The molecule has 1 aromatic carbocycles. The summed E-state index contributed by atoms with van der Waals surface area (Å²) in [6.07, 6.45) is 9.82. The molecule has 1 N–H and O–H groups in total. The first-order valence-electron chi connectivity index (χ1n) is 8.32. The number of hydrogen-bond donors (Lipinski definition) is 1. The van der Waals surface area contributed by atoms with E-state index >= 15 is 0 Å². The summed E-state index contributed by atoms with van der Waals surface area (Å²) in [6.45, 7) is 3.39. The van der Waals surface area contributed by atoms with Gasteiger partial charge < -0.3 is 5.32 Å². The molecule has 2 aliphatic rings. The molecule has 0 bridgehead atoms. The first-order valence-corrected chi connectivity index (χ1v) is 9.20. The monoisotopic (exact) mass is 289 g/mol. The maximum Gasteiger partial charge on any atom is 0.0208 e. The lowest BCUT2D eigenvalue weighted by Crippen LogP contribution is -2.16. The minimum Gasteiger partial charge on any atom is -0.310 e. The molecule has 2 fully saturated rings. The summed E-state index contributed by atoms with van der Waals surface area (Å²) in [6, 6.07) is 10.1. The van der Waals surface area contributed by atoms with E-state index in [1.54, 1.807) is 0 Å². The van der Waals surface area contributed by atoms with E-state index in [2.05, 4.69) is 48.3 Å². The van der Waals surface area contributed by atoms with Crippen molar-refractivity contribution < 1.29 is 0 Å². The lowest BCUT2D eigenvalue weighted by molar-refractivity contribution is 0.357. The summed E-state index contributed by atoms with van der Waals surface area (Å²) in [5.41, 5.74) is 1.43. The summed E-state index contributed by atoms with van der Waals surface area (Å²) >= 11 is 2.11. The van der Waals surface area contributed by atoms with Crippen LogP contribution in [0.15, 0.2) is 29.2 Å². The van der Waals surface area contributed by atoms with Gasteiger partial charge in [-0.1, -0.05) is 38.3 Å². The number of benzene rings is 1. The average Bonchev–Trinajstić information content (AvgIpc) is 3.31.